The minimum atomic E-state index is 0.472. The van der Waals surface area contributed by atoms with Crippen molar-refractivity contribution in [2.75, 3.05) is 33.4 Å². The average Bonchev–Trinajstić information content (AvgIpc) is 2.22. The van der Waals surface area contributed by atoms with Crippen LogP contribution in [0, 0.1) is 5.41 Å². The van der Waals surface area contributed by atoms with E-state index < -0.39 is 0 Å². The van der Waals surface area contributed by atoms with Gasteiger partial charge < -0.3 is 10.5 Å². The third-order valence-electron chi connectivity index (χ3n) is 4.21. The molecule has 96 valence electrons. The molecular formula is C13H28N2O. The Morgan fingerprint density at radius 2 is 2.12 bits per heavy atom. The molecule has 0 spiro atoms. The molecule has 0 bridgehead atoms. The molecule has 3 nitrogen and oxygen atoms in total. The van der Waals surface area contributed by atoms with Crippen molar-refractivity contribution < 1.29 is 4.74 Å². The second kappa shape index (κ2) is 6.58. The first-order chi connectivity index (χ1) is 7.67. The van der Waals surface area contributed by atoms with Crippen LogP contribution in [0.2, 0.25) is 0 Å². The molecule has 0 saturated heterocycles. The minimum Gasteiger partial charge on any atom is -0.383 e. The maximum Gasteiger partial charge on any atom is 0.0615 e. The molecule has 0 aromatic rings. The zero-order valence-corrected chi connectivity index (χ0v) is 11.2. The monoisotopic (exact) mass is 228 g/mol. The fourth-order valence-electron chi connectivity index (χ4n) is 2.65. The number of hydrogen-bond acceptors (Lipinski definition) is 3. The van der Waals surface area contributed by atoms with Gasteiger partial charge in [-0.15, -0.1) is 0 Å². The number of nitrogens with zero attached hydrogens (tertiary/aromatic N) is 1. The molecule has 0 amide bonds. The van der Waals surface area contributed by atoms with Crippen molar-refractivity contribution in [1.82, 2.24) is 4.90 Å². The van der Waals surface area contributed by atoms with Crippen molar-refractivity contribution in [3.8, 4) is 0 Å². The summed E-state index contributed by atoms with van der Waals surface area (Å²) in [7, 11) is 1.78. The molecule has 1 aliphatic carbocycles. The predicted octanol–water partition coefficient (Wildman–Crippen LogP) is 1.86. The normalized spacial score (nSPS) is 20.8. The van der Waals surface area contributed by atoms with Crippen molar-refractivity contribution >= 4 is 0 Å². The summed E-state index contributed by atoms with van der Waals surface area (Å²) in [6.07, 6.45) is 5.29. The molecule has 1 saturated carbocycles. The zero-order valence-electron chi connectivity index (χ0n) is 11.2. The Morgan fingerprint density at radius 3 is 2.50 bits per heavy atom. The molecule has 1 unspecified atom stereocenters. The van der Waals surface area contributed by atoms with Gasteiger partial charge in [0.25, 0.3) is 0 Å². The summed E-state index contributed by atoms with van der Waals surface area (Å²) in [4.78, 5) is 2.50. The SMILES string of the molecule is CCN(CCC1(CN)CCC1)C(C)COC. The first-order valence-electron chi connectivity index (χ1n) is 6.60. The molecule has 1 rings (SSSR count). The third kappa shape index (κ3) is 3.44. The van der Waals surface area contributed by atoms with E-state index in [2.05, 4.69) is 18.7 Å². The minimum absolute atomic E-state index is 0.472. The van der Waals surface area contributed by atoms with E-state index in [-0.39, 0.29) is 0 Å². The van der Waals surface area contributed by atoms with Crippen LogP contribution >= 0.6 is 0 Å². The second-order valence-corrected chi connectivity index (χ2v) is 5.24. The smallest absolute Gasteiger partial charge is 0.0615 e. The van der Waals surface area contributed by atoms with Crippen LogP contribution in [0.25, 0.3) is 0 Å². The topological polar surface area (TPSA) is 38.5 Å². The quantitative estimate of drug-likeness (QED) is 0.689. The first kappa shape index (κ1) is 13.9. The fraction of sp³-hybridized carbons (Fsp3) is 1.00. The maximum absolute atomic E-state index is 5.89. The summed E-state index contributed by atoms with van der Waals surface area (Å²) in [6, 6.07) is 0.518. The van der Waals surface area contributed by atoms with E-state index in [1.165, 1.54) is 25.7 Å². The van der Waals surface area contributed by atoms with Crippen molar-refractivity contribution in [2.24, 2.45) is 11.1 Å². The molecule has 1 atom stereocenters. The molecule has 2 N–H and O–H groups in total. The molecule has 16 heavy (non-hydrogen) atoms. The van der Waals surface area contributed by atoms with Gasteiger partial charge in [-0.2, -0.15) is 0 Å². The Hall–Kier alpha value is -0.120. The summed E-state index contributed by atoms with van der Waals surface area (Å²) in [5.41, 5.74) is 6.36. The molecule has 0 aromatic heterocycles. The van der Waals surface area contributed by atoms with Gasteiger partial charge in [0.2, 0.25) is 0 Å². The second-order valence-electron chi connectivity index (χ2n) is 5.24. The number of ether oxygens (including phenoxy) is 1. The van der Waals surface area contributed by atoms with Crippen LogP contribution in [-0.2, 0) is 4.74 Å². The van der Waals surface area contributed by atoms with Gasteiger partial charge in [-0.05, 0) is 51.2 Å². The Bertz CT molecular complexity index is 187. The lowest BCUT2D eigenvalue weighted by Crippen LogP contribution is -2.43. The van der Waals surface area contributed by atoms with Crippen LogP contribution in [0.1, 0.15) is 39.5 Å². The van der Waals surface area contributed by atoms with Gasteiger partial charge in [0.15, 0.2) is 0 Å². The van der Waals surface area contributed by atoms with Gasteiger partial charge in [0.05, 0.1) is 6.61 Å². The van der Waals surface area contributed by atoms with Crippen molar-refractivity contribution in [2.45, 2.75) is 45.6 Å². The zero-order chi connectivity index (χ0) is 12.0. The van der Waals surface area contributed by atoms with E-state index in [1.807, 2.05) is 0 Å². The Morgan fingerprint density at radius 1 is 1.44 bits per heavy atom. The van der Waals surface area contributed by atoms with Gasteiger partial charge in [0, 0.05) is 13.2 Å². The molecule has 1 fully saturated rings. The van der Waals surface area contributed by atoms with Crippen molar-refractivity contribution in [1.29, 1.82) is 0 Å². The Kier molecular flexibility index (Phi) is 5.73. The fourth-order valence-corrected chi connectivity index (χ4v) is 2.65. The lowest BCUT2D eigenvalue weighted by atomic mass is 9.66. The van der Waals surface area contributed by atoms with Crippen LogP contribution in [-0.4, -0.2) is 44.3 Å². The van der Waals surface area contributed by atoms with Gasteiger partial charge in [-0.1, -0.05) is 13.3 Å². The van der Waals surface area contributed by atoms with Gasteiger partial charge in [-0.3, -0.25) is 4.90 Å². The summed E-state index contributed by atoms with van der Waals surface area (Å²) in [5.74, 6) is 0. The molecule has 0 radical (unpaired) electrons. The lowest BCUT2D eigenvalue weighted by Gasteiger charge is -2.43. The van der Waals surface area contributed by atoms with Crippen LogP contribution in [0.15, 0.2) is 0 Å². The first-order valence-corrected chi connectivity index (χ1v) is 6.60. The molecular weight excluding hydrogens is 200 g/mol. The Balaban J connectivity index is 2.32. The van der Waals surface area contributed by atoms with Gasteiger partial charge >= 0.3 is 0 Å². The van der Waals surface area contributed by atoms with Gasteiger partial charge in [-0.25, -0.2) is 0 Å². The van der Waals surface area contributed by atoms with E-state index in [0.717, 1.165) is 26.2 Å². The highest BCUT2D eigenvalue weighted by molar-refractivity contribution is 4.89. The summed E-state index contributed by atoms with van der Waals surface area (Å²) in [6.45, 7) is 8.42. The van der Waals surface area contributed by atoms with Crippen LogP contribution < -0.4 is 5.73 Å². The highest BCUT2D eigenvalue weighted by atomic mass is 16.5. The van der Waals surface area contributed by atoms with E-state index >= 15 is 0 Å². The van der Waals surface area contributed by atoms with E-state index in [0.29, 0.717) is 11.5 Å². The van der Waals surface area contributed by atoms with Crippen LogP contribution in [0.4, 0.5) is 0 Å². The molecule has 0 heterocycles. The largest absolute Gasteiger partial charge is 0.383 e. The summed E-state index contributed by atoms with van der Waals surface area (Å²) < 4.78 is 5.22. The summed E-state index contributed by atoms with van der Waals surface area (Å²) >= 11 is 0. The van der Waals surface area contributed by atoms with Crippen molar-refractivity contribution in [3.63, 3.8) is 0 Å². The van der Waals surface area contributed by atoms with Crippen LogP contribution in [0.5, 0.6) is 0 Å². The molecule has 0 aromatic carbocycles. The molecule has 0 aliphatic heterocycles. The molecule has 1 aliphatic rings. The van der Waals surface area contributed by atoms with E-state index in [1.54, 1.807) is 7.11 Å². The van der Waals surface area contributed by atoms with E-state index in [9.17, 15) is 0 Å². The number of rotatable bonds is 8. The summed E-state index contributed by atoms with van der Waals surface area (Å²) in [5, 5.41) is 0. The van der Waals surface area contributed by atoms with Crippen molar-refractivity contribution in [3.05, 3.63) is 0 Å². The standard InChI is InChI=1S/C13H28N2O/c1-4-15(12(2)10-16-3)9-8-13(11-14)6-5-7-13/h12H,4-11,14H2,1-3H3. The number of hydrogen-bond donors (Lipinski definition) is 1. The lowest BCUT2D eigenvalue weighted by molar-refractivity contribution is 0.0679. The Labute approximate surface area is 100 Å². The van der Waals surface area contributed by atoms with Gasteiger partial charge in [0.1, 0.15) is 0 Å². The highest BCUT2D eigenvalue weighted by Crippen LogP contribution is 2.42. The highest BCUT2D eigenvalue weighted by Gasteiger charge is 2.35. The van der Waals surface area contributed by atoms with Crippen LogP contribution in [0.3, 0.4) is 0 Å². The third-order valence-corrected chi connectivity index (χ3v) is 4.21. The number of methoxy groups -OCH3 is 1. The average molecular weight is 228 g/mol. The maximum atomic E-state index is 5.89. The molecule has 3 heteroatoms. The van der Waals surface area contributed by atoms with E-state index in [4.69, 9.17) is 10.5 Å². The number of nitrogens with two attached hydrogens (primary N) is 1. The number of likely N-dealkylation sites (N-methyl/N-ethyl adjacent to an activating group) is 1. The predicted molar refractivity (Wildman–Crippen MR) is 68.5 cm³/mol.